The van der Waals surface area contributed by atoms with E-state index in [2.05, 4.69) is 15.3 Å². The van der Waals surface area contributed by atoms with E-state index < -0.39 is 18.5 Å². The van der Waals surface area contributed by atoms with E-state index in [4.69, 9.17) is 5.11 Å². The first-order chi connectivity index (χ1) is 14.9. The van der Waals surface area contributed by atoms with Crippen molar-refractivity contribution in [1.29, 1.82) is 0 Å². The van der Waals surface area contributed by atoms with Crippen LogP contribution in [0.15, 0.2) is 30.5 Å². The second kappa shape index (κ2) is 8.69. The number of urea groups is 1. The third kappa shape index (κ3) is 4.43. The number of nitrogens with zero attached hydrogens (tertiary/aromatic N) is 4. The van der Waals surface area contributed by atoms with Crippen molar-refractivity contribution in [3.8, 4) is 0 Å². The predicted octanol–water partition coefficient (Wildman–Crippen LogP) is 2.74. The number of nitrogens with one attached hydrogen (secondary N) is 1. The Morgan fingerprint density at radius 3 is 2.87 bits per heavy atom. The number of carbonyl (C=O) groups excluding carboxylic acids is 1. The molecule has 2 atom stereocenters. The smallest absolute Gasteiger partial charge is 0.324 e. The van der Waals surface area contributed by atoms with E-state index in [-0.39, 0.29) is 29.3 Å². The topological polar surface area (TPSA) is 102 Å². The number of aromatic nitrogens is 2. The van der Waals surface area contributed by atoms with Crippen LogP contribution in [0.1, 0.15) is 18.6 Å². The third-order valence-corrected chi connectivity index (χ3v) is 6.10. The quantitative estimate of drug-likeness (QED) is 0.566. The molecule has 11 heteroatoms. The summed E-state index contributed by atoms with van der Waals surface area (Å²) < 4.78 is 28.6. The summed E-state index contributed by atoms with van der Waals surface area (Å²) in [7, 11) is 0. The monoisotopic (exact) mass is 449 g/mol. The number of aliphatic hydroxyl groups excluding tert-OH is 2. The van der Waals surface area contributed by atoms with Crippen LogP contribution in [0.25, 0.3) is 10.2 Å². The number of hydrogen-bond acceptors (Lipinski definition) is 7. The zero-order valence-electron chi connectivity index (χ0n) is 16.6. The number of aliphatic hydroxyl groups is 2. The Morgan fingerprint density at radius 2 is 2.16 bits per heavy atom. The molecular weight excluding hydrogens is 428 g/mol. The summed E-state index contributed by atoms with van der Waals surface area (Å²) in [4.78, 5) is 24.4. The largest absolute Gasteiger partial charge is 0.393 e. The summed E-state index contributed by atoms with van der Waals surface area (Å²) in [5, 5.41) is 21.8. The normalized spacial score (nSPS) is 17.8. The van der Waals surface area contributed by atoms with Crippen molar-refractivity contribution in [2.45, 2.75) is 19.1 Å². The lowest BCUT2D eigenvalue weighted by atomic mass is 10.1. The molecule has 0 saturated carbocycles. The number of thiazole rings is 1. The highest BCUT2D eigenvalue weighted by Crippen LogP contribution is 2.27. The van der Waals surface area contributed by atoms with E-state index in [9.17, 15) is 18.7 Å². The van der Waals surface area contributed by atoms with E-state index in [1.807, 2.05) is 6.92 Å². The van der Waals surface area contributed by atoms with Gasteiger partial charge in [-0.25, -0.2) is 23.5 Å². The molecule has 3 N–H and O–H groups in total. The molecule has 1 aliphatic heterocycles. The van der Waals surface area contributed by atoms with Crippen molar-refractivity contribution in [2.24, 2.45) is 0 Å². The Bertz CT molecular complexity index is 1110. The number of halogens is 2. The number of carbonyl (C=O) groups is 1. The number of amides is 2. The lowest BCUT2D eigenvalue weighted by Gasteiger charge is -2.40. The molecule has 0 aliphatic carbocycles. The molecule has 3 heterocycles. The second-order valence-electron chi connectivity index (χ2n) is 7.32. The minimum atomic E-state index is -1.19. The first-order valence-electron chi connectivity index (χ1n) is 9.68. The van der Waals surface area contributed by atoms with Crippen molar-refractivity contribution in [1.82, 2.24) is 14.9 Å². The molecule has 2 aromatic heterocycles. The van der Waals surface area contributed by atoms with Crippen LogP contribution in [0.2, 0.25) is 0 Å². The molecule has 164 valence electrons. The molecule has 1 aromatic carbocycles. The summed E-state index contributed by atoms with van der Waals surface area (Å²) in [6, 6.07) is 4.87. The number of benzene rings is 1. The van der Waals surface area contributed by atoms with Crippen molar-refractivity contribution in [2.75, 3.05) is 36.5 Å². The number of rotatable bonds is 4. The molecule has 0 bridgehead atoms. The summed E-state index contributed by atoms with van der Waals surface area (Å²) >= 11 is 1.26. The maximum atomic E-state index is 14.5. The average molecular weight is 449 g/mol. The van der Waals surface area contributed by atoms with Gasteiger partial charge in [0, 0.05) is 43.5 Å². The Balaban J connectivity index is 1.42. The standard InChI is InChI=1S/C20H21F2N5O3S/c1-11-9-26(18-14(22)6-12(8-23-18)16(29)10-28)4-5-27(11)20(30)25-19-24-15-7-13(21)2-3-17(15)31-19/h2-3,6-8,11,16,28-29H,4-5,9-10H2,1H3,(H,24,25,30)/t11-,16?/m0/s1. The van der Waals surface area contributed by atoms with E-state index in [1.165, 1.54) is 29.7 Å². The molecule has 1 unspecified atom stereocenters. The maximum absolute atomic E-state index is 14.5. The average Bonchev–Trinajstić information content (AvgIpc) is 3.14. The Kier molecular flexibility index (Phi) is 5.99. The van der Waals surface area contributed by atoms with Gasteiger partial charge in [0.2, 0.25) is 0 Å². The van der Waals surface area contributed by atoms with Crippen LogP contribution in [0, 0.1) is 11.6 Å². The van der Waals surface area contributed by atoms with Gasteiger partial charge in [0.1, 0.15) is 11.9 Å². The van der Waals surface area contributed by atoms with Gasteiger partial charge in [0.25, 0.3) is 0 Å². The number of anilines is 2. The minimum Gasteiger partial charge on any atom is -0.393 e. The van der Waals surface area contributed by atoms with Crippen LogP contribution in [-0.4, -0.2) is 63.4 Å². The van der Waals surface area contributed by atoms with Crippen LogP contribution in [0.5, 0.6) is 0 Å². The van der Waals surface area contributed by atoms with Gasteiger partial charge in [0.15, 0.2) is 16.8 Å². The molecule has 2 amide bonds. The SMILES string of the molecule is C[C@H]1CN(c2ncc(C(O)CO)cc2F)CCN1C(=O)Nc1nc2cc(F)ccc2s1. The predicted molar refractivity (Wildman–Crippen MR) is 113 cm³/mol. The Morgan fingerprint density at radius 1 is 1.35 bits per heavy atom. The highest BCUT2D eigenvalue weighted by Gasteiger charge is 2.30. The molecule has 1 saturated heterocycles. The number of hydrogen-bond donors (Lipinski definition) is 3. The fourth-order valence-corrected chi connectivity index (χ4v) is 4.37. The summed E-state index contributed by atoms with van der Waals surface area (Å²) in [6.45, 7) is 2.41. The molecule has 31 heavy (non-hydrogen) atoms. The molecule has 4 rings (SSSR count). The van der Waals surface area contributed by atoms with Crippen molar-refractivity contribution in [3.05, 3.63) is 47.7 Å². The minimum absolute atomic E-state index is 0.133. The number of piperazine rings is 1. The fraction of sp³-hybridized carbons (Fsp3) is 0.350. The van der Waals surface area contributed by atoms with Gasteiger partial charge in [-0.15, -0.1) is 0 Å². The summed E-state index contributed by atoms with van der Waals surface area (Å²) in [5.41, 5.74) is 0.681. The molecule has 0 spiro atoms. The van der Waals surface area contributed by atoms with Crippen molar-refractivity contribution in [3.63, 3.8) is 0 Å². The van der Waals surface area contributed by atoms with E-state index in [0.717, 1.165) is 10.8 Å². The van der Waals surface area contributed by atoms with E-state index in [0.29, 0.717) is 30.3 Å². The second-order valence-corrected chi connectivity index (χ2v) is 8.35. The summed E-state index contributed by atoms with van der Waals surface area (Å²) in [6.07, 6.45) is 0.147. The summed E-state index contributed by atoms with van der Waals surface area (Å²) in [5.74, 6) is -0.856. The third-order valence-electron chi connectivity index (χ3n) is 5.15. The number of fused-ring (bicyclic) bond motifs is 1. The van der Waals surface area contributed by atoms with Crippen LogP contribution in [0.4, 0.5) is 24.5 Å². The van der Waals surface area contributed by atoms with Crippen LogP contribution < -0.4 is 10.2 Å². The molecule has 1 aliphatic rings. The number of pyridine rings is 1. The van der Waals surface area contributed by atoms with Crippen LogP contribution in [0.3, 0.4) is 0 Å². The van der Waals surface area contributed by atoms with Gasteiger partial charge in [0.05, 0.1) is 16.8 Å². The zero-order chi connectivity index (χ0) is 22.1. The van der Waals surface area contributed by atoms with Crippen molar-refractivity contribution >= 4 is 38.5 Å². The first kappa shape index (κ1) is 21.3. The van der Waals surface area contributed by atoms with Crippen LogP contribution in [-0.2, 0) is 0 Å². The molecule has 3 aromatic rings. The lowest BCUT2D eigenvalue weighted by molar-refractivity contribution is 0.0951. The van der Waals surface area contributed by atoms with Gasteiger partial charge in [-0.3, -0.25) is 5.32 Å². The first-order valence-corrected chi connectivity index (χ1v) is 10.5. The lowest BCUT2D eigenvalue weighted by Crippen LogP contribution is -2.55. The highest BCUT2D eigenvalue weighted by atomic mass is 32.1. The Hall–Kier alpha value is -2.89. The van der Waals surface area contributed by atoms with E-state index in [1.54, 1.807) is 15.9 Å². The van der Waals surface area contributed by atoms with Gasteiger partial charge in [-0.2, -0.15) is 0 Å². The van der Waals surface area contributed by atoms with Gasteiger partial charge >= 0.3 is 6.03 Å². The fourth-order valence-electron chi connectivity index (χ4n) is 3.53. The Labute approximate surface area is 180 Å². The van der Waals surface area contributed by atoms with Crippen LogP contribution >= 0.6 is 11.3 Å². The highest BCUT2D eigenvalue weighted by molar-refractivity contribution is 7.22. The van der Waals surface area contributed by atoms with Gasteiger partial charge in [-0.1, -0.05) is 11.3 Å². The van der Waals surface area contributed by atoms with E-state index >= 15 is 0 Å². The molecular formula is C20H21F2N5O3S. The van der Waals surface area contributed by atoms with Crippen molar-refractivity contribution < 1.29 is 23.8 Å². The molecule has 1 fully saturated rings. The maximum Gasteiger partial charge on any atom is 0.324 e. The van der Waals surface area contributed by atoms with Gasteiger partial charge < -0.3 is 20.0 Å². The van der Waals surface area contributed by atoms with Gasteiger partial charge in [-0.05, 0) is 25.1 Å². The molecule has 8 nitrogen and oxygen atoms in total. The zero-order valence-corrected chi connectivity index (χ0v) is 17.4. The molecule has 0 radical (unpaired) electrons.